The molecule has 0 aliphatic rings. The van der Waals surface area contributed by atoms with E-state index < -0.39 is 0 Å². The molecule has 0 unspecified atom stereocenters. The van der Waals surface area contributed by atoms with Crippen LogP contribution in [0.3, 0.4) is 0 Å². The summed E-state index contributed by atoms with van der Waals surface area (Å²) in [6.45, 7) is 11.1. The number of nitrogens with zero attached hydrogens (tertiary/aromatic N) is 1. The predicted molar refractivity (Wildman–Crippen MR) is 113 cm³/mol. The highest BCUT2D eigenvalue weighted by Crippen LogP contribution is 2.37. The molecule has 4 rings (SSSR count). The van der Waals surface area contributed by atoms with Crippen molar-refractivity contribution in [1.29, 1.82) is 0 Å². The Bertz CT molecular complexity index is 1120. The summed E-state index contributed by atoms with van der Waals surface area (Å²) in [6.07, 6.45) is 0. The first kappa shape index (κ1) is 16.7. The minimum absolute atomic E-state index is 0.120. The van der Waals surface area contributed by atoms with Crippen molar-refractivity contribution >= 4 is 27.5 Å². The summed E-state index contributed by atoms with van der Waals surface area (Å²) < 4.78 is 2.37. The number of fused-ring (bicyclic) bond motifs is 3. The number of para-hydroxylation sites is 1. The fraction of sp³-hybridized carbons (Fsp3) is 0.250. The molecular weight excluding hydrogens is 316 g/mol. The van der Waals surface area contributed by atoms with Gasteiger partial charge in [0.25, 0.3) is 0 Å². The van der Waals surface area contributed by atoms with E-state index in [1.807, 2.05) is 6.07 Å². The van der Waals surface area contributed by atoms with E-state index in [1.165, 1.54) is 44.2 Å². The van der Waals surface area contributed by atoms with Gasteiger partial charge in [-0.2, -0.15) is 0 Å². The molecule has 1 aromatic heterocycles. The number of aromatic nitrogens is 1. The van der Waals surface area contributed by atoms with Gasteiger partial charge in [-0.25, -0.2) is 0 Å². The third kappa shape index (κ3) is 2.48. The van der Waals surface area contributed by atoms with E-state index in [0.717, 1.165) is 5.69 Å². The van der Waals surface area contributed by atoms with Gasteiger partial charge in [0.15, 0.2) is 0 Å². The highest BCUT2D eigenvalue weighted by atomic mass is 15.0. The molecule has 0 spiro atoms. The fourth-order valence-corrected chi connectivity index (χ4v) is 3.90. The van der Waals surface area contributed by atoms with Gasteiger partial charge in [-0.1, -0.05) is 51.1 Å². The van der Waals surface area contributed by atoms with E-state index >= 15 is 0 Å². The van der Waals surface area contributed by atoms with E-state index in [9.17, 15) is 0 Å². The molecule has 0 bridgehead atoms. The van der Waals surface area contributed by atoms with Crippen LogP contribution in [0, 0.1) is 13.8 Å². The Hall–Kier alpha value is -2.74. The molecular formula is C24H26N2. The maximum Gasteiger partial charge on any atom is 0.0561 e. The molecule has 26 heavy (non-hydrogen) atoms. The third-order valence-corrected chi connectivity index (χ3v) is 5.32. The van der Waals surface area contributed by atoms with E-state index in [1.54, 1.807) is 0 Å². The maximum absolute atomic E-state index is 6.15. The van der Waals surface area contributed by atoms with Gasteiger partial charge in [0.05, 0.1) is 16.7 Å². The van der Waals surface area contributed by atoms with Gasteiger partial charge in [-0.15, -0.1) is 0 Å². The Kier molecular flexibility index (Phi) is 3.62. The van der Waals surface area contributed by atoms with Gasteiger partial charge >= 0.3 is 0 Å². The number of aryl methyl sites for hydroxylation is 2. The minimum atomic E-state index is 0.120. The summed E-state index contributed by atoms with van der Waals surface area (Å²) in [7, 11) is 0. The molecule has 3 aromatic carbocycles. The van der Waals surface area contributed by atoms with Crippen molar-refractivity contribution in [2.75, 3.05) is 5.73 Å². The van der Waals surface area contributed by atoms with Gasteiger partial charge in [0.1, 0.15) is 0 Å². The summed E-state index contributed by atoms with van der Waals surface area (Å²) in [5, 5.41) is 2.54. The lowest BCUT2D eigenvalue weighted by Crippen LogP contribution is -2.10. The van der Waals surface area contributed by atoms with Crippen LogP contribution >= 0.6 is 0 Å². The van der Waals surface area contributed by atoms with Crippen molar-refractivity contribution in [3.63, 3.8) is 0 Å². The molecule has 2 nitrogen and oxygen atoms in total. The monoisotopic (exact) mass is 342 g/mol. The van der Waals surface area contributed by atoms with Crippen LogP contribution in [0.15, 0.2) is 54.6 Å². The molecule has 1 heterocycles. The number of hydrogen-bond acceptors (Lipinski definition) is 1. The topological polar surface area (TPSA) is 30.9 Å². The molecule has 0 fully saturated rings. The van der Waals surface area contributed by atoms with Gasteiger partial charge in [-0.3, -0.25) is 0 Å². The zero-order valence-electron chi connectivity index (χ0n) is 16.2. The molecule has 4 aromatic rings. The zero-order chi connectivity index (χ0) is 18.6. The molecule has 0 saturated carbocycles. The van der Waals surface area contributed by atoms with Crippen molar-refractivity contribution in [3.05, 3.63) is 71.3 Å². The first-order valence-electron chi connectivity index (χ1n) is 9.18. The number of benzene rings is 3. The van der Waals surface area contributed by atoms with Crippen molar-refractivity contribution in [3.8, 4) is 5.69 Å². The summed E-state index contributed by atoms with van der Waals surface area (Å²) >= 11 is 0. The van der Waals surface area contributed by atoms with Gasteiger partial charge in [0.2, 0.25) is 0 Å². The van der Waals surface area contributed by atoms with Crippen LogP contribution in [-0.2, 0) is 5.41 Å². The maximum atomic E-state index is 6.15. The molecule has 0 aliphatic carbocycles. The summed E-state index contributed by atoms with van der Waals surface area (Å²) in [5.74, 6) is 0. The number of anilines is 1. The Morgan fingerprint density at radius 2 is 1.46 bits per heavy atom. The number of nitrogens with two attached hydrogens (primary N) is 1. The number of rotatable bonds is 1. The highest BCUT2D eigenvalue weighted by Gasteiger charge is 2.19. The van der Waals surface area contributed by atoms with Crippen LogP contribution in [0.1, 0.15) is 37.5 Å². The largest absolute Gasteiger partial charge is 0.399 e. The quantitative estimate of drug-likeness (QED) is 0.405. The Balaban J connectivity index is 2.19. The summed E-state index contributed by atoms with van der Waals surface area (Å²) in [5.41, 5.74) is 14.6. The van der Waals surface area contributed by atoms with E-state index in [-0.39, 0.29) is 5.41 Å². The third-order valence-electron chi connectivity index (χ3n) is 5.32. The van der Waals surface area contributed by atoms with Crippen LogP contribution < -0.4 is 5.73 Å². The second-order valence-electron chi connectivity index (χ2n) is 8.33. The average molecular weight is 342 g/mol. The molecule has 2 heteroatoms. The predicted octanol–water partition coefficient (Wildman–Crippen LogP) is 6.28. The standard InChI is InChI=1S/C24H26N2/c1-15-7-6-8-16(2)23(15)26-21-12-9-17(24(3,4)5)13-20(21)19-11-10-18(25)14-22(19)26/h6-14H,25H2,1-5H3. The Morgan fingerprint density at radius 1 is 0.769 bits per heavy atom. The number of hydrogen-bond donors (Lipinski definition) is 1. The van der Waals surface area contributed by atoms with Gasteiger partial charge < -0.3 is 10.3 Å². The fourth-order valence-electron chi connectivity index (χ4n) is 3.90. The highest BCUT2D eigenvalue weighted by molar-refractivity contribution is 6.10. The van der Waals surface area contributed by atoms with E-state index in [4.69, 9.17) is 5.73 Å². The van der Waals surface area contributed by atoms with E-state index in [2.05, 4.69) is 87.7 Å². The van der Waals surface area contributed by atoms with Gasteiger partial charge in [-0.05, 0) is 60.2 Å². The molecule has 0 aliphatic heterocycles. The first-order valence-corrected chi connectivity index (χ1v) is 9.18. The lowest BCUT2D eigenvalue weighted by molar-refractivity contribution is 0.591. The van der Waals surface area contributed by atoms with Crippen molar-refractivity contribution in [2.24, 2.45) is 0 Å². The summed E-state index contributed by atoms with van der Waals surface area (Å²) in [6, 6.07) is 19.6. The van der Waals surface area contributed by atoms with Crippen LogP contribution in [0.4, 0.5) is 5.69 Å². The zero-order valence-corrected chi connectivity index (χ0v) is 16.2. The van der Waals surface area contributed by atoms with Crippen molar-refractivity contribution in [2.45, 2.75) is 40.0 Å². The Labute approximate surface area is 155 Å². The molecule has 0 amide bonds. The Morgan fingerprint density at radius 3 is 2.12 bits per heavy atom. The van der Waals surface area contributed by atoms with Crippen molar-refractivity contribution in [1.82, 2.24) is 4.57 Å². The summed E-state index contributed by atoms with van der Waals surface area (Å²) in [4.78, 5) is 0. The molecule has 0 atom stereocenters. The molecule has 0 radical (unpaired) electrons. The van der Waals surface area contributed by atoms with Crippen LogP contribution in [-0.4, -0.2) is 4.57 Å². The second-order valence-corrected chi connectivity index (χ2v) is 8.33. The number of nitrogen functional groups attached to an aromatic ring is 1. The van der Waals surface area contributed by atoms with E-state index in [0.29, 0.717) is 0 Å². The average Bonchev–Trinajstić information content (AvgIpc) is 2.87. The minimum Gasteiger partial charge on any atom is -0.399 e. The van der Waals surface area contributed by atoms with Gasteiger partial charge in [0, 0.05) is 16.5 Å². The normalized spacial score (nSPS) is 12.2. The lowest BCUT2D eigenvalue weighted by atomic mass is 9.86. The van der Waals surface area contributed by atoms with Crippen LogP contribution in [0.25, 0.3) is 27.5 Å². The molecule has 0 saturated heterocycles. The second kappa shape index (κ2) is 5.63. The smallest absolute Gasteiger partial charge is 0.0561 e. The lowest BCUT2D eigenvalue weighted by Gasteiger charge is -2.19. The first-order chi connectivity index (χ1) is 12.3. The van der Waals surface area contributed by atoms with Crippen molar-refractivity contribution < 1.29 is 0 Å². The van der Waals surface area contributed by atoms with Crippen LogP contribution in [0.5, 0.6) is 0 Å². The van der Waals surface area contributed by atoms with Crippen LogP contribution in [0.2, 0.25) is 0 Å². The molecule has 2 N–H and O–H groups in total. The SMILES string of the molecule is Cc1cccc(C)c1-n1c2ccc(C(C)(C)C)cc2c2ccc(N)cc21. The molecule has 132 valence electrons.